The lowest BCUT2D eigenvalue weighted by molar-refractivity contribution is -0.0722. The molecule has 0 spiro atoms. The summed E-state index contributed by atoms with van der Waals surface area (Å²) in [6.45, 7) is 4.87. The van der Waals surface area contributed by atoms with Crippen LogP contribution in [-0.2, 0) is 4.84 Å². The van der Waals surface area contributed by atoms with Crippen LogP contribution in [0.1, 0.15) is 65.2 Å². The van der Waals surface area contributed by atoms with Crippen LogP contribution in [0.4, 0.5) is 0 Å². The fourth-order valence-corrected chi connectivity index (χ4v) is 6.73. The molecule has 3 fully saturated rings. The van der Waals surface area contributed by atoms with Crippen molar-refractivity contribution in [3.63, 3.8) is 0 Å². The zero-order valence-corrected chi connectivity index (χ0v) is 14.8. The van der Waals surface area contributed by atoms with E-state index in [4.69, 9.17) is 4.84 Å². The molecule has 3 heteroatoms. The second-order valence-corrected chi connectivity index (χ2v) is 8.91. The highest BCUT2D eigenvalue weighted by Gasteiger charge is 2.58. The number of rotatable bonds is 1. The molecule has 0 aliphatic heterocycles. The smallest absolute Gasteiger partial charge is 0.106 e. The Labute approximate surface area is 140 Å². The van der Waals surface area contributed by atoms with Crippen LogP contribution in [0.2, 0.25) is 0 Å². The average molecular weight is 317 g/mol. The lowest BCUT2D eigenvalue weighted by atomic mass is 9.47. The number of hydrogen-bond donors (Lipinski definition) is 1. The van der Waals surface area contributed by atoms with Gasteiger partial charge in [-0.25, -0.2) is 0 Å². The molecule has 0 bridgehead atoms. The molecular formula is C20H31NO2. The summed E-state index contributed by atoms with van der Waals surface area (Å²) >= 11 is 0. The standard InChI is InChI=1S/C20H31NO2/c1-19-10-8-14(21-23-3)12-13(19)4-5-15-16-6-7-18(22)20(16,2)11-9-17(15)19/h12,15-18,22H,4-11H2,1-3H3/t15-,16-,17-,18?,19-,20-/m0/s1. The van der Waals surface area contributed by atoms with Crippen LogP contribution >= 0.6 is 0 Å². The summed E-state index contributed by atoms with van der Waals surface area (Å²) in [6, 6.07) is 0. The quantitative estimate of drug-likeness (QED) is 0.732. The van der Waals surface area contributed by atoms with Crippen LogP contribution in [0.3, 0.4) is 0 Å². The molecule has 4 aliphatic carbocycles. The number of allylic oxidation sites excluding steroid dienone is 2. The van der Waals surface area contributed by atoms with E-state index in [1.807, 2.05) is 0 Å². The molecule has 4 rings (SSSR count). The molecule has 0 aromatic carbocycles. The van der Waals surface area contributed by atoms with E-state index < -0.39 is 0 Å². The molecule has 0 aromatic heterocycles. The number of aliphatic hydroxyl groups excluding tert-OH is 1. The van der Waals surface area contributed by atoms with Gasteiger partial charge in [0.2, 0.25) is 0 Å². The molecule has 6 atom stereocenters. The largest absolute Gasteiger partial charge is 0.399 e. The first-order valence-electron chi connectivity index (χ1n) is 9.48. The number of oxime groups is 1. The molecule has 128 valence electrons. The molecule has 0 saturated heterocycles. The van der Waals surface area contributed by atoms with E-state index in [1.165, 1.54) is 38.5 Å². The lowest BCUT2D eigenvalue weighted by Crippen LogP contribution is -2.51. The maximum absolute atomic E-state index is 10.5. The van der Waals surface area contributed by atoms with Crippen molar-refractivity contribution < 1.29 is 9.94 Å². The third kappa shape index (κ3) is 2.15. The van der Waals surface area contributed by atoms with Gasteiger partial charge in [-0.15, -0.1) is 0 Å². The van der Waals surface area contributed by atoms with Gasteiger partial charge >= 0.3 is 0 Å². The molecule has 23 heavy (non-hydrogen) atoms. The van der Waals surface area contributed by atoms with Crippen molar-refractivity contribution in [1.29, 1.82) is 0 Å². The second-order valence-electron chi connectivity index (χ2n) is 8.91. The van der Waals surface area contributed by atoms with Gasteiger partial charge < -0.3 is 9.94 Å². The summed E-state index contributed by atoms with van der Waals surface area (Å²) in [4.78, 5) is 5.00. The fourth-order valence-electron chi connectivity index (χ4n) is 6.73. The van der Waals surface area contributed by atoms with Gasteiger partial charge in [0, 0.05) is 0 Å². The van der Waals surface area contributed by atoms with Crippen LogP contribution in [0.5, 0.6) is 0 Å². The summed E-state index contributed by atoms with van der Waals surface area (Å²) < 4.78 is 0. The number of aliphatic hydroxyl groups is 1. The third-order valence-electron chi connectivity index (χ3n) is 8.14. The third-order valence-corrected chi connectivity index (χ3v) is 8.14. The van der Waals surface area contributed by atoms with Crippen molar-refractivity contribution in [2.24, 2.45) is 33.7 Å². The topological polar surface area (TPSA) is 41.8 Å². The average Bonchev–Trinajstić information content (AvgIpc) is 2.84. The molecule has 1 unspecified atom stereocenters. The zero-order valence-electron chi connectivity index (χ0n) is 14.8. The van der Waals surface area contributed by atoms with E-state index in [-0.39, 0.29) is 11.5 Å². The minimum absolute atomic E-state index is 0.0648. The summed E-state index contributed by atoms with van der Waals surface area (Å²) in [7, 11) is 1.64. The van der Waals surface area contributed by atoms with Gasteiger partial charge in [-0.3, -0.25) is 0 Å². The number of fused-ring (bicyclic) bond motifs is 5. The predicted octanol–water partition coefficient (Wildman–Crippen LogP) is 4.31. The van der Waals surface area contributed by atoms with E-state index >= 15 is 0 Å². The van der Waals surface area contributed by atoms with Gasteiger partial charge in [-0.05, 0) is 86.0 Å². The summed E-state index contributed by atoms with van der Waals surface area (Å²) in [5, 5.41) is 14.7. The van der Waals surface area contributed by atoms with Crippen molar-refractivity contribution in [2.45, 2.75) is 71.3 Å². The minimum Gasteiger partial charge on any atom is -0.399 e. The maximum atomic E-state index is 10.5. The molecule has 3 saturated carbocycles. The molecule has 0 aromatic rings. The highest BCUT2D eigenvalue weighted by molar-refractivity contribution is 5.96. The van der Waals surface area contributed by atoms with Gasteiger partial charge in [-0.1, -0.05) is 24.6 Å². The molecular weight excluding hydrogens is 286 g/mol. The van der Waals surface area contributed by atoms with Crippen molar-refractivity contribution in [1.82, 2.24) is 0 Å². The molecule has 0 amide bonds. The van der Waals surface area contributed by atoms with Crippen LogP contribution < -0.4 is 0 Å². The first-order valence-corrected chi connectivity index (χ1v) is 9.48. The predicted molar refractivity (Wildman–Crippen MR) is 92.2 cm³/mol. The van der Waals surface area contributed by atoms with Gasteiger partial charge in [-0.2, -0.15) is 0 Å². The van der Waals surface area contributed by atoms with Gasteiger partial charge in [0.15, 0.2) is 0 Å². The van der Waals surface area contributed by atoms with E-state index in [0.717, 1.165) is 36.3 Å². The van der Waals surface area contributed by atoms with Crippen LogP contribution in [0, 0.1) is 28.6 Å². The molecule has 0 heterocycles. The lowest BCUT2D eigenvalue weighted by Gasteiger charge is -2.57. The van der Waals surface area contributed by atoms with E-state index in [0.29, 0.717) is 5.41 Å². The minimum atomic E-state index is -0.0648. The monoisotopic (exact) mass is 317 g/mol. The highest BCUT2D eigenvalue weighted by atomic mass is 16.6. The second kappa shape index (κ2) is 5.34. The zero-order chi connectivity index (χ0) is 16.2. The molecule has 4 aliphatic rings. The molecule has 1 N–H and O–H groups in total. The van der Waals surface area contributed by atoms with Gasteiger partial charge in [0.1, 0.15) is 7.11 Å². The maximum Gasteiger partial charge on any atom is 0.106 e. The van der Waals surface area contributed by atoms with E-state index in [1.54, 1.807) is 12.7 Å². The van der Waals surface area contributed by atoms with Crippen LogP contribution in [-0.4, -0.2) is 24.0 Å². The highest BCUT2D eigenvalue weighted by Crippen LogP contribution is 2.65. The summed E-state index contributed by atoms with van der Waals surface area (Å²) in [5.74, 6) is 2.35. The Morgan fingerprint density at radius 3 is 2.70 bits per heavy atom. The molecule has 3 nitrogen and oxygen atoms in total. The Morgan fingerprint density at radius 2 is 1.91 bits per heavy atom. The Kier molecular flexibility index (Phi) is 3.64. The Hall–Kier alpha value is -0.830. The molecule has 0 radical (unpaired) electrons. The van der Waals surface area contributed by atoms with Crippen molar-refractivity contribution in [3.8, 4) is 0 Å². The first kappa shape index (κ1) is 15.7. The van der Waals surface area contributed by atoms with Crippen LogP contribution in [0.15, 0.2) is 16.8 Å². The summed E-state index contributed by atoms with van der Waals surface area (Å²) in [5.41, 5.74) is 3.28. The SMILES string of the molecule is CON=C1C=C2CC[C@@H]3[C@H](CC[C@]4(C)C(O)CC[C@@H]34)[C@@]2(C)CC1. The fraction of sp³-hybridized carbons (Fsp3) is 0.850. The van der Waals surface area contributed by atoms with Crippen molar-refractivity contribution in [2.75, 3.05) is 7.11 Å². The normalized spacial score (nSPS) is 50.8. The Bertz CT molecular complexity index is 554. The first-order chi connectivity index (χ1) is 11.0. The van der Waals surface area contributed by atoms with Crippen LogP contribution in [0.25, 0.3) is 0 Å². The summed E-state index contributed by atoms with van der Waals surface area (Å²) in [6.07, 6.45) is 11.8. The van der Waals surface area contributed by atoms with Crippen molar-refractivity contribution >= 4 is 5.71 Å². The Morgan fingerprint density at radius 1 is 1.09 bits per heavy atom. The van der Waals surface area contributed by atoms with Gasteiger partial charge in [0.05, 0.1) is 11.8 Å². The van der Waals surface area contributed by atoms with Crippen molar-refractivity contribution in [3.05, 3.63) is 11.6 Å². The number of hydrogen-bond acceptors (Lipinski definition) is 3. The Balaban J connectivity index is 1.65. The van der Waals surface area contributed by atoms with E-state index in [2.05, 4.69) is 25.1 Å². The van der Waals surface area contributed by atoms with Gasteiger partial charge in [0.25, 0.3) is 0 Å². The van der Waals surface area contributed by atoms with E-state index in [9.17, 15) is 5.11 Å². The number of nitrogens with zero attached hydrogens (tertiary/aromatic N) is 1.